The lowest BCUT2D eigenvalue weighted by Crippen LogP contribution is -2.02. The summed E-state index contributed by atoms with van der Waals surface area (Å²) in [4.78, 5) is 8.00. The highest BCUT2D eigenvalue weighted by atomic mass is 35.5. The molecular weight excluding hydrogens is 255 g/mol. The van der Waals surface area contributed by atoms with Crippen molar-refractivity contribution in [3.05, 3.63) is 58.1 Å². The topological polar surface area (TPSA) is 25.8 Å². The molecule has 0 aliphatic heterocycles. The third-order valence-electron chi connectivity index (χ3n) is 2.66. The summed E-state index contributed by atoms with van der Waals surface area (Å²) in [6, 6.07) is 10.3. The summed E-state index contributed by atoms with van der Waals surface area (Å²) in [7, 11) is 0. The van der Waals surface area contributed by atoms with Gasteiger partial charge in [0.1, 0.15) is 0 Å². The molecule has 0 unspecified atom stereocenters. The van der Waals surface area contributed by atoms with E-state index in [-0.39, 0.29) is 5.28 Å². The first kappa shape index (κ1) is 12.3. The molecule has 0 bridgehead atoms. The number of benzene rings is 1. The molecule has 2 rings (SSSR count). The maximum Gasteiger partial charge on any atom is 0.222 e. The van der Waals surface area contributed by atoms with Gasteiger partial charge in [-0.1, -0.05) is 48.9 Å². The van der Waals surface area contributed by atoms with E-state index in [0.717, 1.165) is 12.1 Å². The zero-order chi connectivity index (χ0) is 12.3. The Bertz CT molecular complexity index is 500. The van der Waals surface area contributed by atoms with Crippen LogP contribution in [0.1, 0.15) is 24.1 Å². The maximum atomic E-state index is 6.04. The molecule has 0 fully saturated rings. The minimum absolute atomic E-state index is 0.240. The minimum atomic E-state index is 0.240. The summed E-state index contributed by atoms with van der Waals surface area (Å²) >= 11 is 11.8. The van der Waals surface area contributed by atoms with Gasteiger partial charge in [0.15, 0.2) is 0 Å². The van der Waals surface area contributed by atoms with Crippen molar-refractivity contribution in [2.45, 2.75) is 19.3 Å². The number of aromatic nitrogens is 2. The largest absolute Gasteiger partial charge is 0.225 e. The van der Waals surface area contributed by atoms with Crippen LogP contribution in [0.15, 0.2) is 36.5 Å². The third-order valence-corrected chi connectivity index (χ3v) is 3.15. The maximum absolute atomic E-state index is 6.04. The Morgan fingerprint density at radius 2 is 1.88 bits per heavy atom. The van der Waals surface area contributed by atoms with E-state index < -0.39 is 0 Å². The lowest BCUT2D eigenvalue weighted by Gasteiger charge is -2.12. The van der Waals surface area contributed by atoms with E-state index >= 15 is 0 Å². The summed E-state index contributed by atoms with van der Waals surface area (Å²) in [5.74, 6) is 0.347. The molecule has 0 radical (unpaired) electrons. The van der Waals surface area contributed by atoms with Crippen LogP contribution >= 0.6 is 23.2 Å². The first-order valence-corrected chi connectivity index (χ1v) is 6.14. The highest BCUT2D eigenvalue weighted by Gasteiger charge is 2.11. The van der Waals surface area contributed by atoms with Gasteiger partial charge in [-0.2, -0.15) is 0 Å². The quantitative estimate of drug-likeness (QED) is 0.781. The minimum Gasteiger partial charge on any atom is -0.225 e. The normalized spacial score (nSPS) is 12.4. The summed E-state index contributed by atoms with van der Waals surface area (Å²) in [5.41, 5.74) is 2.06. The Kier molecular flexibility index (Phi) is 3.97. The van der Waals surface area contributed by atoms with Crippen LogP contribution in [0.2, 0.25) is 10.3 Å². The van der Waals surface area contributed by atoms with E-state index in [1.165, 1.54) is 5.56 Å². The molecule has 17 heavy (non-hydrogen) atoms. The fourth-order valence-corrected chi connectivity index (χ4v) is 2.03. The number of halogens is 2. The fraction of sp³-hybridized carbons (Fsp3) is 0.231. The van der Waals surface area contributed by atoms with Crippen molar-refractivity contribution < 1.29 is 0 Å². The Balaban J connectivity index is 2.18. The van der Waals surface area contributed by atoms with Crippen molar-refractivity contribution in [3.8, 4) is 0 Å². The fourth-order valence-electron chi connectivity index (χ4n) is 1.71. The van der Waals surface area contributed by atoms with Crippen molar-refractivity contribution in [3.63, 3.8) is 0 Å². The molecule has 0 N–H and O–H groups in total. The van der Waals surface area contributed by atoms with Gasteiger partial charge in [0.2, 0.25) is 5.28 Å². The van der Waals surface area contributed by atoms with Crippen LogP contribution < -0.4 is 0 Å². The molecule has 1 atom stereocenters. The van der Waals surface area contributed by atoms with E-state index in [2.05, 4.69) is 29.0 Å². The van der Waals surface area contributed by atoms with Crippen LogP contribution in [0.25, 0.3) is 0 Å². The zero-order valence-corrected chi connectivity index (χ0v) is 10.9. The van der Waals surface area contributed by atoms with Crippen molar-refractivity contribution in [1.29, 1.82) is 0 Å². The molecule has 0 amide bonds. The molecule has 2 nitrogen and oxygen atoms in total. The molecule has 2 aromatic rings. The smallest absolute Gasteiger partial charge is 0.222 e. The van der Waals surface area contributed by atoms with Gasteiger partial charge in [-0.15, -0.1) is 0 Å². The molecule has 88 valence electrons. The van der Waals surface area contributed by atoms with Gasteiger partial charge in [0, 0.05) is 0 Å². The second kappa shape index (κ2) is 5.48. The van der Waals surface area contributed by atoms with Crippen molar-refractivity contribution in [2.24, 2.45) is 0 Å². The van der Waals surface area contributed by atoms with Gasteiger partial charge in [-0.25, -0.2) is 9.97 Å². The molecule has 1 aromatic heterocycles. The Labute approximate surface area is 111 Å². The number of hydrogen-bond donors (Lipinski definition) is 0. The number of hydrogen-bond acceptors (Lipinski definition) is 2. The Morgan fingerprint density at radius 1 is 1.18 bits per heavy atom. The van der Waals surface area contributed by atoms with E-state index in [0.29, 0.717) is 10.9 Å². The van der Waals surface area contributed by atoms with Crippen LogP contribution in [0.3, 0.4) is 0 Å². The highest BCUT2D eigenvalue weighted by molar-refractivity contribution is 6.31. The molecule has 4 heteroatoms. The van der Waals surface area contributed by atoms with Gasteiger partial charge in [0.05, 0.1) is 16.9 Å². The number of rotatable bonds is 3. The second-order valence-corrected chi connectivity index (χ2v) is 4.69. The molecule has 1 aromatic carbocycles. The lowest BCUT2D eigenvalue weighted by molar-refractivity contribution is 0.738. The van der Waals surface area contributed by atoms with Crippen LogP contribution in [0.5, 0.6) is 0 Å². The van der Waals surface area contributed by atoms with Crippen LogP contribution in [-0.4, -0.2) is 9.97 Å². The average Bonchev–Trinajstić information content (AvgIpc) is 2.35. The molecule has 0 saturated carbocycles. The standard InChI is InChI=1S/C13H12Cl2N2/c1-9(10-5-3-2-4-6-10)7-12-11(14)8-16-13(15)17-12/h2-6,8-9H,7H2,1H3/t9-/m1/s1. The molecule has 1 heterocycles. The van der Waals surface area contributed by atoms with Gasteiger partial charge in [0.25, 0.3) is 0 Å². The monoisotopic (exact) mass is 266 g/mol. The van der Waals surface area contributed by atoms with Crippen LogP contribution in [-0.2, 0) is 6.42 Å². The molecular formula is C13H12Cl2N2. The van der Waals surface area contributed by atoms with E-state index in [1.54, 1.807) is 6.20 Å². The summed E-state index contributed by atoms with van der Waals surface area (Å²) < 4.78 is 0. The molecule has 0 spiro atoms. The van der Waals surface area contributed by atoms with E-state index in [1.807, 2.05) is 18.2 Å². The average molecular weight is 267 g/mol. The zero-order valence-electron chi connectivity index (χ0n) is 9.40. The lowest BCUT2D eigenvalue weighted by atomic mass is 9.96. The summed E-state index contributed by atoms with van der Waals surface area (Å²) in [6.07, 6.45) is 2.30. The second-order valence-electron chi connectivity index (χ2n) is 3.95. The highest BCUT2D eigenvalue weighted by Crippen LogP contribution is 2.23. The molecule has 0 aliphatic carbocycles. The van der Waals surface area contributed by atoms with Gasteiger partial charge in [-0.3, -0.25) is 0 Å². The Hall–Kier alpha value is -1.12. The predicted octanol–water partition coefficient (Wildman–Crippen LogP) is 4.13. The van der Waals surface area contributed by atoms with Gasteiger partial charge >= 0.3 is 0 Å². The summed E-state index contributed by atoms with van der Waals surface area (Å²) in [5, 5.41) is 0.807. The first-order chi connectivity index (χ1) is 8.16. The Morgan fingerprint density at radius 3 is 2.59 bits per heavy atom. The first-order valence-electron chi connectivity index (χ1n) is 5.38. The van der Waals surface area contributed by atoms with E-state index in [4.69, 9.17) is 23.2 Å². The van der Waals surface area contributed by atoms with Crippen molar-refractivity contribution in [2.75, 3.05) is 0 Å². The SMILES string of the molecule is C[C@H](Cc1nc(Cl)ncc1Cl)c1ccccc1. The predicted molar refractivity (Wildman–Crippen MR) is 70.6 cm³/mol. The van der Waals surface area contributed by atoms with Crippen molar-refractivity contribution in [1.82, 2.24) is 9.97 Å². The molecule has 0 aliphatic rings. The van der Waals surface area contributed by atoms with Gasteiger partial charge < -0.3 is 0 Å². The van der Waals surface area contributed by atoms with E-state index in [9.17, 15) is 0 Å². The van der Waals surface area contributed by atoms with Crippen LogP contribution in [0, 0.1) is 0 Å². The van der Waals surface area contributed by atoms with Gasteiger partial charge in [-0.05, 0) is 29.5 Å². The number of nitrogens with zero attached hydrogens (tertiary/aromatic N) is 2. The molecule has 0 saturated heterocycles. The van der Waals surface area contributed by atoms with Crippen LogP contribution in [0.4, 0.5) is 0 Å². The van der Waals surface area contributed by atoms with Crippen molar-refractivity contribution >= 4 is 23.2 Å². The summed E-state index contributed by atoms with van der Waals surface area (Å²) in [6.45, 7) is 2.14. The third kappa shape index (κ3) is 3.18.